The SMILES string of the molecule is C=C/C(C#Cc1ccccc1)=C(/C)c1ccccc1. The molecule has 0 atom stereocenters. The standard InChI is InChI=1S/C19H16/c1-3-18(15-14-17-10-6-4-7-11-17)16(2)19-12-8-5-9-13-19/h3-13H,1H2,2H3/b18-16+. The third-order valence-electron chi connectivity index (χ3n) is 2.93. The lowest BCUT2D eigenvalue weighted by Crippen LogP contribution is -1.84. The van der Waals surface area contributed by atoms with Gasteiger partial charge in [0.15, 0.2) is 0 Å². The number of benzene rings is 2. The summed E-state index contributed by atoms with van der Waals surface area (Å²) in [5, 5.41) is 0. The largest absolute Gasteiger partial charge is 0.0978 e. The second-order valence-electron chi connectivity index (χ2n) is 4.22. The van der Waals surface area contributed by atoms with Crippen molar-refractivity contribution in [3.05, 3.63) is 90.0 Å². The van der Waals surface area contributed by atoms with Crippen LogP contribution in [0.5, 0.6) is 0 Å². The van der Waals surface area contributed by atoms with Gasteiger partial charge in [-0.2, -0.15) is 0 Å². The molecule has 2 aromatic carbocycles. The fourth-order valence-electron chi connectivity index (χ4n) is 1.80. The summed E-state index contributed by atoms with van der Waals surface area (Å²) >= 11 is 0. The lowest BCUT2D eigenvalue weighted by atomic mass is 10.0. The van der Waals surface area contributed by atoms with E-state index in [1.54, 1.807) is 0 Å². The number of rotatable bonds is 2. The molecule has 0 aromatic heterocycles. The average molecular weight is 244 g/mol. The summed E-state index contributed by atoms with van der Waals surface area (Å²) in [6.45, 7) is 5.93. The van der Waals surface area contributed by atoms with Crippen LogP contribution in [0.15, 0.2) is 78.9 Å². The van der Waals surface area contributed by atoms with E-state index in [1.165, 1.54) is 5.56 Å². The normalized spacial score (nSPS) is 11.0. The first-order valence-electron chi connectivity index (χ1n) is 6.27. The molecule has 0 unspecified atom stereocenters. The van der Waals surface area contributed by atoms with Crippen LogP contribution < -0.4 is 0 Å². The zero-order valence-electron chi connectivity index (χ0n) is 11.1. The predicted octanol–water partition coefficient (Wildman–Crippen LogP) is 4.70. The summed E-state index contributed by atoms with van der Waals surface area (Å²) in [5.41, 5.74) is 4.32. The van der Waals surface area contributed by atoms with E-state index in [0.29, 0.717) is 0 Å². The Labute approximate surface area is 115 Å². The number of hydrogen-bond donors (Lipinski definition) is 0. The molecule has 2 aromatic rings. The fraction of sp³-hybridized carbons (Fsp3) is 0.0526. The van der Waals surface area contributed by atoms with Crippen molar-refractivity contribution in [1.29, 1.82) is 0 Å². The van der Waals surface area contributed by atoms with Gasteiger partial charge in [0.1, 0.15) is 0 Å². The fourth-order valence-corrected chi connectivity index (χ4v) is 1.80. The van der Waals surface area contributed by atoms with Crippen molar-refractivity contribution in [2.24, 2.45) is 0 Å². The maximum absolute atomic E-state index is 3.86. The Morgan fingerprint density at radius 2 is 1.53 bits per heavy atom. The molecule has 0 aliphatic heterocycles. The summed E-state index contributed by atoms with van der Waals surface area (Å²) < 4.78 is 0. The van der Waals surface area contributed by atoms with Crippen LogP contribution in [-0.4, -0.2) is 0 Å². The Kier molecular flexibility index (Phi) is 4.37. The molecule has 92 valence electrons. The summed E-state index contributed by atoms with van der Waals surface area (Å²) in [6, 6.07) is 20.2. The topological polar surface area (TPSA) is 0 Å². The summed E-state index contributed by atoms with van der Waals surface area (Å²) in [6.07, 6.45) is 1.82. The Hall–Kier alpha value is -2.52. The Balaban J connectivity index is 2.36. The van der Waals surface area contributed by atoms with Gasteiger partial charge in [0.25, 0.3) is 0 Å². The van der Waals surface area contributed by atoms with Gasteiger partial charge in [-0.05, 0) is 30.2 Å². The molecule has 0 radical (unpaired) electrons. The molecule has 0 spiro atoms. The van der Waals surface area contributed by atoms with Gasteiger partial charge in [-0.25, -0.2) is 0 Å². The molecule has 0 nitrogen and oxygen atoms in total. The van der Waals surface area contributed by atoms with E-state index in [9.17, 15) is 0 Å². The van der Waals surface area contributed by atoms with Crippen molar-refractivity contribution in [2.45, 2.75) is 6.92 Å². The molecule has 0 bridgehead atoms. The van der Waals surface area contributed by atoms with E-state index in [0.717, 1.165) is 16.7 Å². The van der Waals surface area contributed by atoms with Crippen molar-refractivity contribution in [1.82, 2.24) is 0 Å². The van der Waals surface area contributed by atoms with E-state index in [4.69, 9.17) is 0 Å². The minimum absolute atomic E-state index is 0.968. The first-order valence-corrected chi connectivity index (χ1v) is 6.27. The van der Waals surface area contributed by atoms with Gasteiger partial charge in [0.2, 0.25) is 0 Å². The molecule has 0 N–H and O–H groups in total. The predicted molar refractivity (Wildman–Crippen MR) is 82.6 cm³/mol. The van der Waals surface area contributed by atoms with E-state index in [1.807, 2.05) is 54.6 Å². The molecule has 0 saturated heterocycles. The second kappa shape index (κ2) is 6.42. The first kappa shape index (κ1) is 12.9. The van der Waals surface area contributed by atoms with Crippen LogP contribution in [0, 0.1) is 11.8 Å². The highest BCUT2D eigenvalue weighted by Gasteiger charge is 1.98. The molecule has 0 fully saturated rings. The van der Waals surface area contributed by atoms with Gasteiger partial charge in [0, 0.05) is 11.1 Å². The van der Waals surface area contributed by atoms with Gasteiger partial charge in [-0.15, -0.1) is 0 Å². The Morgan fingerprint density at radius 1 is 0.947 bits per heavy atom. The van der Waals surface area contributed by atoms with Gasteiger partial charge in [-0.1, -0.05) is 73.0 Å². The van der Waals surface area contributed by atoms with Crippen molar-refractivity contribution in [3.8, 4) is 11.8 Å². The highest BCUT2D eigenvalue weighted by atomic mass is 14.0. The Morgan fingerprint density at radius 3 is 2.11 bits per heavy atom. The minimum Gasteiger partial charge on any atom is -0.0978 e. The molecule has 0 aliphatic carbocycles. The van der Waals surface area contributed by atoms with Crippen LogP contribution in [0.25, 0.3) is 5.57 Å². The Bertz CT molecular complexity index is 635. The van der Waals surface area contributed by atoms with E-state index in [2.05, 4.69) is 37.5 Å². The van der Waals surface area contributed by atoms with Crippen molar-refractivity contribution >= 4 is 5.57 Å². The van der Waals surface area contributed by atoms with Gasteiger partial charge < -0.3 is 0 Å². The smallest absolute Gasteiger partial charge is 0.0278 e. The van der Waals surface area contributed by atoms with Crippen LogP contribution >= 0.6 is 0 Å². The zero-order chi connectivity index (χ0) is 13.5. The molecule has 0 heteroatoms. The highest BCUT2D eigenvalue weighted by Crippen LogP contribution is 2.18. The van der Waals surface area contributed by atoms with Gasteiger partial charge >= 0.3 is 0 Å². The third kappa shape index (κ3) is 3.47. The maximum atomic E-state index is 3.86. The molecule has 0 aliphatic rings. The van der Waals surface area contributed by atoms with Crippen LogP contribution in [-0.2, 0) is 0 Å². The molecule has 2 rings (SSSR count). The lowest BCUT2D eigenvalue weighted by molar-refractivity contribution is 1.54. The molecule has 19 heavy (non-hydrogen) atoms. The van der Waals surface area contributed by atoms with Crippen molar-refractivity contribution < 1.29 is 0 Å². The first-order chi connectivity index (χ1) is 9.31. The monoisotopic (exact) mass is 244 g/mol. The lowest BCUT2D eigenvalue weighted by Gasteiger charge is -2.03. The van der Waals surface area contributed by atoms with Crippen LogP contribution in [0.4, 0.5) is 0 Å². The van der Waals surface area contributed by atoms with E-state index in [-0.39, 0.29) is 0 Å². The molecular formula is C19H16. The molecular weight excluding hydrogens is 228 g/mol. The number of allylic oxidation sites excluding steroid dienone is 3. The van der Waals surface area contributed by atoms with Crippen LogP contribution in [0.1, 0.15) is 18.1 Å². The molecule has 0 amide bonds. The summed E-state index contributed by atoms with van der Waals surface area (Å²) in [4.78, 5) is 0. The molecule has 0 saturated carbocycles. The third-order valence-corrected chi connectivity index (χ3v) is 2.93. The summed E-state index contributed by atoms with van der Waals surface area (Å²) in [5.74, 6) is 6.36. The summed E-state index contributed by atoms with van der Waals surface area (Å²) in [7, 11) is 0. The van der Waals surface area contributed by atoms with Crippen LogP contribution in [0.3, 0.4) is 0 Å². The van der Waals surface area contributed by atoms with Crippen molar-refractivity contribution in [3.63, 3.8) is 0 Å². The van der Waals surface area contributed by atoms with E-state index >= 15 is 0 Å². The quantitative estimate of drug-likeness (QED) is 0.530. The zero-order valence-corrected chi connectivity index (χ0v) is 11.1. The van der Waals surface area contributed by atoms with Crippen LogP contribution in [0.2, 0.25) is 0 Å². The molecule has 0 heterocycles. The van der Waals surface area contributed by atoms with Crippen molar-refractivity contribution in [2.75, 3.05) is 0 Å². The average Bonchev–Trinajstić information content (AvgIpc) is 2.49. The van der Waals surface area contributed by atoms with E-state index < -0.39 is 0 Å². The highest BCUT2D eigenvalue weighted by molar-refractivity contribution is 5.73. The minimum atomic E-state index is 0.968. The number of hydrogen-bond acceptors (Lipinski definition) is 0. The second-order valence-corrected chi connectivity index (χ2v) is 4.22. The van der Waals surface area contributed by atoms with Gasteiger partial charge in [-0.3, -0.25) is 0 Å². The maximum Gasteiger partial charge on any atom is 0.0278 e. The van der Waals surface area contributed by atoms with Gasteiger partial charge in [0.05, 0.1) is 0 Å².